The summed E-state index contributed by atoms with van der Waals surface area (Å²) in [5, 5.41) is 11.9. The third-order valence-corrected chi connectivity index (χ3v) is 6.16. The number of unbranched alkanes of at least 4 members (excludes halogenated alkanes) is 1. The van der Waals surface area contributed by atoms with Crippen LogP contribution in [0.15, 0.2) is 61.6 Å². The van der Waals surface area contributed by atoms with Crippen molar-refractivity contribution >= 4 is 33.6 Å². The number of thioether (sulfide) groups is 1. The van der Waals surface area contributed by atoms with E-state index in [9.17, 15) is 14.7 Å². The van der Waals surface area contributed by atoms with E-state index in [1.54, 1.807) is 29.7 Å². The van der Waals surface area contributed by atoms with Crippen molar-refractivity contribution in [3.8, 4) is 5.75 Å². The number of aromatic nitrogens is 2. The number of phenolic OH excluding ortho intramolecular Hbond substituents is 1. The Morgan fingerprint density at radius 3 is 2.73 bits per heavy atom. The van der Waals surface area contributed by atoms with Gasteiger partial charge in [0.05, 0.1) is 10.9 Å². The number of para-hydroxylation sites is 1. The van der Waals surface area contributed by atoms with Gasteiger partial charge in [-0.2, -0.15) is 0 Å². The fourth-order valence-electron chi connectivity index (χ4n) is 3.45. The SMILES string of the molecule is CCCCn1c(SCc2cc(=O)oc3c(C)c(O)ccc23)nc2ccccc2c1=O. The smallest absolute Gasteiger partial charge is 0.336 e. The van der Waals surface area contributed by atoms with Crippen LogP contribution in [0, 0.1) is 6.92 Å². The number of rotatable bonds is 6. The predicted octanol–water partition coefficient (Wildman–Crippen LogP) is 4.61. The summed E-state index contributed by atoms with van der Waals surface area (Å²) in [6.07, 6.45) is 1.85. The van der Waals surface area contributed by atoms with E-state index in [1.807, 2.05) is 18.2 Å². The molecule has 0 aliphatic heterocycles. The lowest BCUT2D eigenvalue weighted by atomic mass is 10.1. The molecule has 4 aromatic rings. The van der Waals surface area contributed by atoms with E-state index in [4.69, 9.17) is 9.40 Å². The molecule has 0 saturated heterocycles. The molecule has 0 fully saturated rings. The van der Waals surface area contributed by atoms with E-state index in [0.29, 0.717) is 39.5 Å². The Morgan fingerprint density at radius 1 is 1.13 bits per heavy atom. The molecule has 7 heteroatoms. The van der Waals surface area contributed by atoms with Crippen molar-refractivity contribution in [2.45, 2.75) is 44.1 Å². The zero-order valence-electron chi connectivity index (χ0n) is 16.8. The van der Waals surface area contributed by atoms with Crippen molar-refractivity contribution in [3.05, 3.63) is 74.4 Å². The van der Waals surface area contributed by atoms with Crippen LogP contribution in [0.3, 0.4) is 0 Å². The number of benzene rings is 2. The molecule has 6 nitrogen and oxygen atoms in total. The summed E-state index contributed by atoms with van der Waals surface area (Å²) in [7, 11) is 0. The number of aryl methyl sites for hydroxylation is 1. The average molecular weight is 423 g/mol. The van der Waals surface area contributed by atoms with E-state index < -0.39 is 5.63 Å². The van der Waals surface area contributed by atoms with Gasteiger partial charge in [0.25, 0.3) is 5.56 Å². The van der Waals surface area contributed by atoms with E-state index in [0.717, 1.165) is 23.8 Å². The minimum atomic E-state index is -0.471. The maximum atomic E-state index is 13.0. The van der Waals surface area contributed by atoms with Gasteiger partial charge in [-0.1, -0.05) is 37.2 Å². The second kappa shape index (κ2) is 8.36. The Labute approximate surface area is 177 Å². The molecule has 0 amide bonds. The molecule has 0 radical (unpaired) electrons. The van der Waals surface area contributed by atoms with Gasteiger partial charge in [-0.15, -0.1) is 0 Å². The summed E-state index contributed by atoms with van der Waals surface area (Å²) < 4.78 is 7.05. The Bertz CT molecular complexity index is 1360. The molecule has 1 N–H and O–H groups in total. The monoisotopic (exact) mass is 422 g/mol. The quantitative estimate of drug-likeness (QED) is 0.277. The van der Waals surface area contributed by atoms with Crippen LogP contribution in [0.25, 0.3) is 21.9 Å². The lowest BCUT2D eigenvalue weighted by molar-refractivity contribution is 0.468. The van der Waals surface area contributed by atoms with Gasteiger partial charge >= 0.3 is 5.63 Å². The van der Waals surface area contributed by atoms with Crippen molar-refractivity contribution in [2.75, 3.05) is 0 Å². The lowest BCUT2D eigenvalue weighted by Gasteiger charge is -2.13. The highest BCUT2D eigenvalue weighted by molar-refractivity contribution is 7.98. The largest absolute Gasteiger partial charge is 0.508 e. The number of phenols is 1. The van der Waals surface area contributed by atoms with Crippen LogP contribution in [0.4, 0.5) is 0 Å². The highest BCUT2D eigenvalue weighted by atomic mass is 32.2. The predicted molar refractivity (Wildman–Crippen MR) is 119 cm³/mol. The Morgan fingerprint density at radius 2 is 1.93 bits per heavy atom. The Hall–Kier alpha value is -3.06. The zero-order valence-corrected chi connectivity index (χ0v) is 17.7. The second-order valence-corrected chi connectivity index (χ2v) is 8.13. The van der Waals surface area contributed by atoms with Crippen LogP contribution in [0.5, 0.6) is 5.75 Å². The van der Waals surface area contributed by atoms with E-state index in [1.165, 1.54) is 17.8 Å². The maximum Gasteiger partial charge on any atom is 0.336 e. The van der Waals surface area contributed by atoms with Gasteiger partial charge in [0.2, 0.25) is 0 Å². The molecule has 4 rings (SSSR count). The summed E-state index contributed by atoms with van der Waals surface area (Å²) in [5.74, 6) is 0.531. The number of aromatic hydroxyl groups is 1. The second-order valence-electron chi connectivity index (χ2n) is 7.19. The van der Waals surface area contributed by atoms with Crippen LogP contribution in [-0.4, -0.2) is 14.7 Å². The molecular formula is C23H22N2O4S. The molecular weight excluding hydrogens is 400 g/mol. The van der Waals surface area contributed by atoms with Crippen molar-refractivity contribution < 1.29 is 9.52 Å². The van der Waals surface area contributed by atoms with Crippen LogP contribution in [-0.2, 0) is 12.3 Å². The van der Waals surface area contributed by atoms with Gasteiger partial charge in [-0.25, -0.2) is 9.78 Å². The maximum absolute atomic E-state index is 13.0. The van der Waals surface area contributed by atoms with Gasteiger partial charge in [0.15, 0.2) is 5.16 Å². The lowest BCUT2D eigenvalue weighted by Crippen LogP contribution is -2.23. The van der Waals surface area contributed by atoms with Crippen LogP contribution in [0.2, 0.25) is 0 Å². The number of hydrogen-bond donors (Lipinski definition) is 1. The van der Waals surface area contributed by atoms with Gasteiger partial charge < -0.3 is 9.52 Å². The van der Waals surface area contributed by atoms with Gasteiger partial charge in [0.1, 0.15) is 11.3 Å². The summed E-state index contributed by atoms with van der Waals surface area (Å²) in [5.41, 5.74) is 1.83. The minimum absolute atomic E-state index is 0.0465. The molecule has 2 heterocycles. The fraction of sp³-hybridized carbons (Fsp3) is 0.261. The topological polar surface area (TPSA) is 85.3 Å². The van der Waals surface area contributed by atoms with E-state index >= 15 is 0 Å². The van der Waals surface area contributed by atoms with E-state index in [-0.39, 0.29) is 11.3 Å². The highest BCUT2D eigenvalue weighted by Gasteiger charge is 2.14. The van der Waals surface area contributed by atoms with Crippen LogP contribution < -0.4 is 11.2 Å². The third kappa shape index (κ3) is 3.73. The normalized spacial score (nSPS) is 11.4. The van der Waals surface area contributed by atoms with Crippen LogP contribution in [0.1, 0.15) is 30.9 Å². The Kier molecular flexibility index (Phi) is 5.63. The van der Waals surface area contributed by atoms with Crippen LogP contribution >= 0.6 is 11.8 Å². The average Bonchev–Trinajstić information content (AvgIpc) is 2.74. The summed E-state index contributed by atoms with van der Waals surface area (Å²) in [6.45, 7) is 4.39. The first-order valence-electron chi connectivity index (χ1n) is 9.87. The number of nitrogens with zero attached hydrogens (tertiary/aromatic N) is 2. The van der Waals surface area contributed by atoms with Gasteiger partial charge in [-0.05, 0) is 43.2 Å². The fourth-order valence-corrected chi connectivity index (χ4v) is 4.47. The molecule has 0 bridgehead atoms. The van der Waals surface area contributed by atoms with Crippen molar-refractivity contribution in [3.63, 3.8) is 0 Å². The summed E-state index contributed by atoms with van der Waals surface area (Å²) >= 11 is 1.42. The molecule has 154 valence electrons. The van der Waals surface area contributed by atoms with E-state index in [2.05, 4.69) is 6.92 Å². The first-order valence-corrected chi connectivity index (χ1v) is 10.9. The molecule has 0 unspecified atom stereocenters. The molecule has 0 aliphatic rings. The molecule has 30 heavy (non-hydrogen) atoms. The number of fused-ring (bicyclic) bond motifs is 2. The standard InChI is InChI=1S/C23H22N2O4S/c1-3-4-11-25-22(28)17-7-5-6-8-18(17)24-23(25)30-13-15-12-20(27)29-21-14(2)19(26)10-9-16(15)21/h5-10,12,26H,3-4,11,13H2,1-2H3. The van der Waals surface area contributed by atoms with Crippen molar-refractivity contribution in [1.29, 1.82) is 0 Å². The molecule has 0 saturated carbocycles. The molecule has 2 aromatic heterocycles. The van der Waals surface area contributed by atoms with Gasteiger partial charge in [-0.3, -0.25) is 9.36 Å². The highest BCUT2D eigenvalue weighted by Crippen LogP contribution is 2.30. The third-order valence-electron chi connectivity index (χ3n) is 5.14. The molecule has 2 aromatic carbocycles. The first-order chi connectivity index (χ1) is 14.5. The van der Waals surface area contributed by atoms with Crippen molar-refractivity contribution in [1.82, 2.24) is 9.55 Å². The minimum Gasteiger partial charge on any atom is -0.508 e. The van der Waals surface area contributed by atoms with Gasteiger partial charge in [0, 0.05) is 29.3 Å². The zero-order chi connectivity index (χ0) is 21.3. The summed E-state index contributed by atoms with van der Waals surface area (Å²) in [4.78, 5) is 29.8. The molecule has 0 aliphatic carbocycles. The molecule has 0 atom stereocenters. The number of hydrogen-bond acceptors (Lipinski definition) is 6. The van der Waals surface area contributed by atoms with Crippen molar-refractivity contribution in [2.24, 2.45) is 0 Å². The molecule has 0 spiro atoms. The Balaban J connectivity index is 1.78. The summed E-state index contributed by atoms with van der Waals surface area (Å²) in [6, 6.07) is 12.1. The first kappa shape index (κ1) is 20.2.